The number of nitrogens with zero attached hydrogens (tertiary/aromatic N) is 1. The Kier molecular flexibility index (Phi) is 9.28. The molecule has 0 unspecified atom stereocenters. The van der Waals surface area contributed by atoms with Gasteiger partial charge in [0.1, 0.15) is 0 Å². The molecule has 106 valence electrons. The second kappa shape index (κ2) is 9.88. The van der Waals surface area contributed by atoms with E-state index in [4.69, 9.17) is 0 Å². The summed E-state index contributed by atoms with van der Waals surface area (Å²) in [6.07, 6.45) is 0.444. The number of amides is 2. The lowest BCUT2D eigenvalue weighted by Gasteiger charge is -2.18. The van der Waals surface area contributed by atoms with E-state index in [1.165, 1.54) is 0 Å². The van der Waals surface area contributed by atoms with E-state index in [2.05, 4.69) is 24.5 Å². The second-order valence-electron chi connectivity index (χ2n) is 4.69. The van der Waals surface area contributed by atoms with Gasteiger partial charge in [-0.25, -0.2) is 0 Å². The van der Waals surface area contributed by atoms with Gasteiger partial charge in [-0.05, 0) is 19.8 Å². The van der Waals surface area contributed by atoms with Crippen LogP contribution in [0.15, 0.2) is 0 Å². The summed E-state index contributed by atoms with van der Waals surface area (Å²) in [7, 11) is 0. The molecule has 0 rings (SSSR count). The van der Waals surface area contributed by atoms with Crippen molar-refractivity contribution in [1.29, 1.82) is 0 Å². The van der Waals surface area contributed by atoms with Crippen LogP contribution in [0.3, 0.4) is 0 Å². The second-order valence-corrected chi connectivity index (χ2v) is 4.69. The summed E-state index contributed by atoms with van der Waals surface area (Å²) in [5.41, 5.74) is 0. The average Bonchev–Trinajstić information content (AvgIpc) is 2.33. The van der Waals surface area contributed by atoms with Gasteiger partial charge >= 0.3 is 0 Å². The lowest BCUT2D eigenvalue weighted by atomic mass is 10.2. The van der Waals surface area contributed by atoms with Crippen molar-refractivity contribution in [1.82, 2.24) is 15.5 Å². The van der Waals surface area contributed by atoms with Crippen molar-refractivity contribution in [2.24, 2.45) is 5.92 Å². The number of hydrogen-bond acceptors (Lipinski definition) is 3. The number of rotatable bonds is 9. The zero-order chi connectivity index (χ0) is 14.0. The van der Waals surface area contributed by atoms with Crippen molar-refractivity contribution in [2.75, 3.05) is 32.7 Å². The Morgan fingerprint density at radius 2 is 1.78 bits per heavy atom. The highest BCUT2D eigenvalue weighted by Gasteiger charge is 2.08. The SMILES string of the molecule is CCN(CC)C(=O)CCNCC(=O)NCC(C)C. The molecule has 0 aliphatic heterocycles. The van der Waals surface area contributed by atoms with Gasteiger partial charge in [0.2, 0.25) is 11.8 Å². The first-order valence-corrected chi connectivity index (χ1v) is 6.76. The van der Waals surface area contributed by atoms with Gasteiger partial charge in [-0.3, -0.25) is 9.59 Å². The van der Waals surface area contributed by atoms with E-state index in [1.807, 2.05) is 13.8 Å². The number of hydrogen-bond donors (Lipinski definition) is 2. The zero-order valence-electron chi connectivity index (χ0n) is 12.1. The van der Waals surface area contributed by atoms with E-state index in [0.29, 0.717) is 25.4 Å². The van der Waals surface area contributed by atoms with Crippen LogP contribution in [0.25, 0.3) is 0 Å². The van der Waals surface area contributed by atoms with Gasteiger partial charge in [-0.2, -0.15) is 0 Å². The lowest BCUT2D eigenvalue weighted by Crippen LogP contribution is -2.38. The van der Waals surface area contributed by atoms with Crippen molar-refractivity contribution in [2.45, 2.75) is 34.1 Å². The van der Waals surface area contributed by atoms with Crippen LogP contribution in [0, 0.1) is 5.92 Å². The van der Waals surface area contributed by atoms with Crippen LogP contribution in [0.4, 0.5) is 0 Å². The van der Waals surface area contributed by atoms with Gasteiger partial charge in [-0.15, -0.1) is 0 Å². The standard InChI is InChI=1S/C13H27N3O2/c1-5-16(6-2)13(18)7-8-14-10-12(17)15-9-11(3)4/h11,14H,5-10H2,1-4H3,(H,15,17). The molecule has 0 aromatic rings. The minimum absolute atomic E-state index is 0.0148. The van der Waals surface area contributed by atoms with Crippen LogP contribution in [0.2, 0.25) is 0 Å². The molecule has 0 heterocycles. The highest BCUT2D eigenvalue weighted by atomic mass is 16.2. The van der Waals surface area contributed by atoms with E-state index in [1.54, 1.807) is 4.90 Å². The molecule has 0 saturated carbocycles. The molecule has 2 N–H and O–H groups in total. The largest absolute Gasteiger partial charge is 0.355 e. The summed E-state index contributed by atoms with van der Waals surface area (Å²) >= 11 is 0. The fourth-order valence-electron chi connectivity index (χ4n) is 1.51. The predicted molar refractivity (Wildman–Crippen MR) is 73.3 cm³/mol. The molecule has 0 spiro atoms. The molecule has 5 nitrogen and oxygen atoms in total. The van der Waals surface area contributed by atoms with Gasteiger partial charge in [-0.1, -0.05) is 13.8 Å². The minimum atomic E-state index is -0.0148. The third-order valence-corrected chi connectivity index (χ3v) is 2.62. The summed E-state index contributed by atoms with van der Waals surface area (Å²) in [5.74, 6) is 0.576. The molecule has 0 bridgehead atoms. The molecule has 0 aromatic carbocycles. The molecule has 2 amide bonds. The smallest absolute Gasteiger partial charge is 0.233 e. The van der Waals surface area contributed by atoms with Crippen molar-refractivity contribution in [3.05, 3.63) is 0 Å². The van der Waals surface area contributed by atoms with Gasteiger partial charge in [0.15, 0.2) is 0 Å². The van der Waals surface area contributed by atoms with E-state index in [-0.39, 0.29) is 18.4 Å². The predicted octanol–water partition coefficient (Wildman–Crippen LogP) is 0.607. The van der Waals surface area contributed by atoms with Crippen LogP contribution >= 0.6 is 0 Å². The summed E-state index contributed by atoms with van der Waals surface area (Å²) < 4.78 is 0. The number of nitrogens with one attached hydrogen (secondary N) is 2. The first-order valence-electron chi connectivity index (χ1n) is 6.76. The minimum Gasteiger partial charge on any atom is -0.355 e. The Morgan fingerprint density at radius 3 is 2.28 bits per heavy atom. The molecule has 0 aromatic heterocycles. The molecular weight excluding hydrogens is 230 g/mol. The Balaban J connectivity index is 3.61. The maximum Gasteiger partial charge on any atom is 0.233 e. The molecule has 0 fully saturated rings. The monoisotopic (exact) mass is 257 g/mol. The van der Waals surface area contributed by atoms with Gasteiger partial charge in [0.05, 0.1) is 6.54 Å². The van der Waals surface area contributed by atoms with Crippen LogP contribution < -0.4 is 10.6 Å². The molecule has 0 aliphatic carbocycles. The summed E-state index contributed by atoms with van der Waals surface area (Å²) in [4.78, 5) is 24.8. The Bertz CT molecular complexity index is 251. The van der Waals surface area contributed by atoms with Crippen LogP contribution in [0.1, 0.15) is 34.1 Å². The number of carbonyl (C=O) groups is 2. The van der Waals surface area contributed by atoms with Crippen molar-refractivity contribution in [3.8, 4) is 0 Å². The lowest BCUT2D eigenvalue weighted by molar-refractivity contribution is -0.131. The average molecular weight is 257 g/mol. The highest BCUT2D eigenvalue weighted by molar-refractivity contribution is 5.78. The summed E-state index contributed by atoms with van der Waals surface area (Å²) in [6.45, 7) is 11.0. The maximum absolute atomic E-state index is 11.7. The third kappa shape index (κ3) is 8.06. The highest BCUT2D eigenvalue weighted by Crippen LogP contribution is 1.92. The van der Waals surface area contributed by atoms with E-state index < -0.39 is 0 Å². The van der Waals surface area contributed by atoms with Crippen LogP contribution in [-0.4, -0.2) is 49.4 Å². The maximum atomic E-state index is 11.7. The van der Waals surface area contributed by atoms with Gasteiger partial charge in [0.25, 0.3) is 0 Å². The van der Waals surface area contributed by atoms with E-state index in [9.17, 15) is 9.59 Å². The molecule has 0 aliphatic rings. The number of carbonyl (C=O) groups excluding carboxylic acids is 2. The fraction of sp³-hybridized carbons (Fsp3) is 0.846. The first kappa shape index (κ1) is 16.9. The van der Waals surface area contributed by atoms with Crippen molar-refractivity contribution >= 4 is 11.8 Å². The molecular formula is C13H27N3O2. The summed E-state index contributed by atoms with van der Waals surface area (Å²) in [5, 5.41) is 5.80. The molecule has 0 atom stereocenters. The van der Waals surface area contributed by atoms with Gasteiger partial charge in [0, 0.05) is 32.6 Å². The topological polar surface area (TPSA) is 61.4 Å². The van der Waals surface area contributed by atoms with Crippen LogP contribution in [0.5, 0.6) is 0 Å². The Hall–Kier alpha value is -1.10. The first-order chi connectivity index (χ1) is 8.51. The summed E-state index contributed by atoms with van der Waals surface area (Å²) in [6, 6.07) is 0. The van der Waals surface area contributed by atoms with E-state index in [0.717, 1.165) is 13.1 Å². The van der Waals surface area contributed by atoms with Crippen molar-refractivity contribution in [3.63, 3.8) is 0 Å². The quantitative estimate of drug-likeness (QED) is 0.595. The molecule has 18 heavy (non-hydrogen) atoms. The third-order valence-electron chi connectivity index (χ3n) is 2.62. The zero-order valence-corrected chi connectivity index (χ0v) is 12.1. The molecule has 0 saturated heterocycles. The van der Waals surface area contributed by atoms with Crippen LogP contribution in [-0.2, 0) is 9.59 Å². The molecule has 5 heteroatoms. The Labute approximate surface area is 110 Å². The van der Waals surface area contributed by atoms with Gasteiger partial charge < -0.3 is 15.5 Å². The van der Waals surface area contributed by atoms with E-state index >= 15 is 0 Å². The molecule has 0 radical (unpaired) electrons. The fourth-order valence-corrected chi connectivity index (χ4v) is 1.51. The Morgan fingerprint density at radius 1 is 1.17 bits per heavy atom. The van der Waals surface area contributed by atoms with Crippen molar-refractivity contribution < 1.29 is 9.59 Å². The normalized spacial score (nSPS) is 10.5.